The van der Waals surface area contributed by atoms with Gasteiger partial charge in [-0.3, -0.25) is 9.59 Å². The number of nitriles is 1. The van der Waals surface area contributed by atoms with Crippen molar-refractivity contribution in [2.75, 3.05) is 23.8 Å². The minimum Gasteiger partial charge on any atom is -0.456 e. The van der Waals surface area contributed by atoms with E-state index in [1.54, 1.807) is 0 Å². The van der Waals surface area contributed by atoms with Crippen LogP contribution in [0.2, 0.25) is 0 Å². The number of anilines is 2. The number of esters is 1. The SMILES string of the molecule is CC(=O)OCC(=O)Nc1cc(C#N)ccc1NCCCC(F)(F)F. The molecule has 1 rings (SSSR count). The molecule has 0 aliphatic rings. The quantitative estimate of drug-likeness (QED) is 0.587. The van der Waals surface area contributed by atoms with Gasteiger partial charge >= 0.3 is 12.1 Å². The molecule has 0 fully saturated rings. The number of halogens is 3. The lowest BCUT2D eigenvalue weighted by Gasteiger charge is -2.14. The fourth-order valence-electron chi connectivity index (χ4n) is 1.74. The number of hydrogen-bond donors (Lipinski definition) is 2. The highest BCUT2D eigenvalue weighted by atomic mass is 19.4. The van der Waals surface area contributed by atoms with Gasteiger partial charge in [0.05, 0.1) is 23.0 Å². The second kappa shape index (κ2) is 8.76. The van der Waals surface area contributed by atoms with Gasteiger partial charge in [-0.15, -0.1) is 0 Å². The first-order valence-corrected chi connectivity index (χ1v) is 6.99. The molecule has 2 N–H and O–H groups in total. The summed E-state index contributed by atoms with van der Waals surface area (Å²) < 4.78 is 40.9. The topological polar surface area (TPSA) is 91.2 Å². The van der Waals surface area contributed by atoms with Crippen LogP contribution in [0.1, 0.15) is 25.3 Å². The van der Waals surface area contributed by atoms with Crippen molar-refractivity contribution in [2.45, 2.75) is 25.9 Å². The van der Waals surface area contributed by atoms with Crippen LogP contribution in [0.5, 0.6) is 0 Å². The Kier molecular flexibility index (Phi) is 7.04. The molecule has 1 aromatic carbocycles. The van der Waals surface area contributed by atoms with E-state index in [4.69, 9.17) is 5.26 Å². The molecule has 1 aromatic rings. The van der Waals surface area contributed by atoms with E-state index in [1.807, 2.05) is 6.07 Å². The molecule has 9 heteroatoms. The first-order valence-electron chi connectivity index (χ1n) is 6.99. The predicted octanol–water partition coefficient (Wildman–Crippen LogP) is 2.81. The fraction of sp³-hybridized carbons (Fsp3) is 0.400. The first-order chi connectivity index (χ1) is 11.2. The zero-order valence-corrected chi connectivity index (χ0v) is 12.9. The van der Waals surface area contributed by atoms with Crippen LogP contribution in [0.25, 0.3) is 0 Å². The molecule has 130 valence electrons. The number of nitrogens with zero attached hydrogens (tertiary/aromatic N) is 1. The van der Waals surface area contributed by atoms with Gasteiger partial charge in [0.2, 0.25) is 0 Å². The number of amides is 1. The van der Waals surface area contributed by atoms with Gasteiger partial charge in [-0.1, -0.05) is 0 Å². The zero-order valence-electron chi connectivity index (χ0n) is 12.9. The van der Waals surface area contributed by atoms with Crippen LogP contribution in [-0.4, -0.2) is 31.2 Å². The lowest BCUT2D eigenvalue weighted by Crippen LogP contribution is -2.21. The Balaban J connectivity index is 2.72. The van der Waals surface area contributed by atoms with Crippen molar-refractivity contribution in [2.24, 2.45) is 0 Å². The molecule has 1 amide bonds. The number of nitrogens with one attached hydrogen (secondary N) is 2. The summed E-state index contributed by atoms with van der Waals surface area (Å²) in [5.74, 6) is -1.25. The molecule has 0 saturated heterocycles. The van der Waals surface area contributed by atoms with Gasteiger partial charge in [-0.2, -0.15) is 18.4 Å². The van der Waals surface area contributed by atoms with Crippen molar-refractivity contribution in [1.82, 2.24) is 0 Å². The molecule has 0 aromatic heterocycles. The number of benzene rings is 1. The van der Waals surface area contributed by atoms with Crippen LogP contribution >= 0.6 is 0 Å². The van der Waals surface area contributed by atoms with Crippen molar-refractivity contribution in [1.29, 1.82) is 5.26 Å². The van der Waals surface area contributed by atoms with Gasteiger partial charge in [-0.05, 0) is 24.6 Å². The smallest absolute Gasteiger partial charge is 0.389 e. The first kappa shape index (κ1) is 19.3. The highest BCUT2D eigenvalue weighted by molar-refractivity contribution is 5.96. The summed E-state index contributed by atoms with van der Waals surface area (Å²) in [6.07, 6.45) is -5.29. The van der Waals surface area contributed by atoms with Crippen molar-refractivity contribution < 1.29 is 27.5 Å². The van der Waals surface area contributed by atoms with Crippen LogP contribution in [0.3, 0.4) is 0 Å². The summed E-state index contributed by atoms with van der Waals surface area (Å²) in [4.78, 5) is 22.4. The third kappa shape index (κ3) is 7.49. The van der Waals surface area contributed by atoms with E-state index in [9.17, 15) is 22.8 Å². The maximum absolute atomic E-state index is 12.1. The van der Waals surface area contributed by atoms with E-state index < -0.39 is 31.1 Å². The predicted molar refractivity (Wildman–Crippen MR) is 80.2 cm³/mol. The molecule has 0 aliphatic carbocycles. The Morgan fingerprint density at radius 1 is 1.29 bits per heavy atom. The van der Waals surface area contributed by atoms with Crippen LogP contribution < -0.4 is 10.6 Å². The number of carbonyl (C=O) groups excluding carboxylic acids is 2. The molecular weight excluding hydrogens is 327 g/mol. The summed E-state index contributed by atoms with van der Waals surface area (Å²) >= 11 is 0. The average molecular weight is 343 g/mol. The highest BCUT2D eigenvalue weighted by Gasteiger charge is 2.25. The summed E-state index contributed by atoms with van der Waals surface area (Å²) in [5, 5.41) is 14.1. The van der Waals surface area contributed by atoms with Crippen LogP contribution in [0.4, 0.5) is 24.5 Å². The van der Waals surface area contributed by atoms with Crippen molar-refractivity contribution in [3.8, 4) is 6.07 Å². The molecule has 0 bridgehead atoms. The molecule has 0 unspecified atom stereocenters. The number of hydrogen-bond acceptors (Lipinski definition) is 5. The molecular formula is C15H16F3N3O3. The molecule has 0 spiro atoms. The normalized spacial score (nSPS) is 10.6. The summed E-state index contributed by atoms with van der Waals surface area (Å²) in [6.45, 7) is 0.690. The van der Waals surface area contributed by atoms with Crippen molar-refractivity contribution in [3.05, 3.63) is 23.8 Å². The van der Waals surface area contributed by atoms with E-state index in [-0.39, 0.29) is 24.2 Å². The Labute approximate surface area is 136 Å². The summed E-state index contributed by atoms with van der Waals surface area (Å²) in [6, 6.07) is 6.21. The monoisotopic (exact) mass is 343 g/mol. The Bertz CT molecular complexity index is 639. The Morgan fingerprint density at radius 3 is 2.58 bits per heavy atom. The van der Waals surface area contributed by atoms with Crippen LogP contribution in [0, 0.1) is 11.3 Å². The number of rotatable bonds is 7. The number of ether oxygens (including phenoxy) is 1. The van der Waals surface area contributed by atoms with Crippen molar-refractivity contribution in [3.63, 3.8) is 0 Å². The minimum atomic E-state index is -4.23. The molecule has 0 saturated carbocycles. The second-order valence-corrected chi connectivity index (χ2v) is 4.85. The molecule has 24 heavy (non-hydrogen) atoms. The van der Waals surface area contributed by atoms with Crippen LogP contribution in [-0.2, 0) is 14.3 Å². The highest BCUT2D eigenvalue weighted by Crippen LogP contribution is 2.25. The van der Waals surface area contributed by atoms with Gasteiger partial charge < -0.3 is 15.4 Å². The van der Waals surface area contributed by atoms with E-state index in [2.05, 4.69) is 15.4 Å². The molecule has 0 aliphatic heterocycles. The van der Waals surface area contributed by atoms with E-state index in [0.717, 1.165) is 6.92 Å². The van der Waals surface area contributed by atoms with E-state index in [1.165, 1.54) is 18.2 Å². The third-order valence-corrected chi connectivity index (χ3v) is 2.78. The number of alkyl halides is 3. The fourth-order valence-corrected chi connectivity index (χ4v) is 1.74. The molecule has 0 atom stereocenters. The van der Waals surface area contributed by atoms with Gasteiger partial charge in [0, 0.05) is 19.9 Å². The van der Waals surface area contributed by atoms with Gasteiger partial charge in [0.1, 0.15) is 0 Å². The lowest BCUT2D eigenvalue weighted by atomic mass is 10.1. The summed E-state index contributed by atoms with van der Waals surface area (Å²) in [7, 11) is 0. The molecule has 6 nitrogen and oxygen atoms in total. The lowest BCUT2D eigenvalue weighted by molar-refractivity contribution is -0.145. The zero-order chi connectivity index (χ0) is 18.2. The van der Waals surface area contributed by atoms with Gasteiger partial charge in [0.25, 0.3) is 5.91 Å². The second-order valence-electron chi connectivity index (χ2n) is 4.85. The third-order valence-electron chi connectivity index (χ3n) is 2.78. The van der Waals surface area contributed by atoms with Crippen LogP contribution in [0.15, 0.2) is 18.2 Å². The van der Waals surface area contributed by atoms with E-state index >= 15 is 0 Å². The average Bonchev–Trinajstić information content (AvgIpc) is 2.49. The van der Waals surface area contributed by atoms with Crippen molar-refractivity contribution >= 4 is 23.3 Å². The Morgan fingerprint density at radius 2 is 2.00 bits per heavy atom. The van der Waals surface area contributed by atoms with Gasteiger partial charge in [0.15, 0.2) is 6.61 Å². The largest absolute Gasteiger partial charge is 0.456 e. The van der Waals surface area contributed by atoms with Gasteiger partial charge in [-0.25, -0.2) is 0 Å². The standard InChI is InChI=1S/C15H16F3N3O3/c1-10(22)24-9-14(23)21-13-7-11(8-19)3-4-12(13)20-6-2-5-15(16,17)18/h3-4,7,20H,2,5-6,9H2,1H3,(H,21,23). The molecule has 0 radical (unpaired) electrons. The summed E-state index contributed by atoms with van der Waals surface area (Å²) in [5.41, 5.74) is 0.851. The van der Waals surface area contributed by atoms with E-state index in [0.29, 0.717) is 5.69 Å². The maximum Gasteiger partial charge on any atom is 0.389 e. The molecule has 0 heterocycles. The Hall–Kier alpha value is -2.76. The maximum atomic E-state index is 12.1. The minimum absolute atomic E-state index is 0.0399. The number of carbonyl (C=O) groups is 2.